The molecule has 0 saturated heterocycles. The van der Waals surface area contributed by atoms with E-state index in [0.29, 0.717) is 5.92 Å². The standard InChI is InChI=1S/C10H14O/c1-8-2-3-10-7-11-5-4-9(10)6-8/h4-6,8,10H,2-3,7H2,1H3. The van der Waals surface area contributed by atoms with Crippen LogP contribution in [-0.4, -0.2) is 6.61 Å². The third kappa shape index (κ3) is 1.32. The van der Waals surface area contributed by atoms with Crippen molar-refractivity contribution in [3.8, 4) is 0 Å². The highest BCUT2D eigenvalue weighted by atomic mass is 16.5. The average Bonchev–Trinajstić information content (AvgIpc) is 2.04. The molecule has 60 valence electrons. The number of ether oxygens (including phenoxy) is 1. The Hall–Kier alpha value is -0.720. The molecule has 0 N–H and O–H groups in total. The lowest BCUT2D eigenvalue weighted by Gasteiger charge is -2.27. The summed E-state index contributed by atoms with van der Waals surface area (Å²) in [6.07, 6.45) is 8.94. The molecule has 11 heavy (non-hydrogen) atoms. The van der Waals surface area contributed by atoms with E-state index in [1.165, 1.54) is 18.4 Å². The van der Waals surface area contributed by atoms with Crippen molar-refractivity contribution < 1.29 is 4.74 Å². The molecular weight excluding hydrogens is 136 g/mol. The highest BCUT2D eigenvalue weighted by molar-refractivity contribution is 5.25. The lowest BCUT2D eigenvalue weighted by atomic mass is 9.83. The summed E-state index contributed by atoms with van der Waals surface area (Å²) in [5, 5.41) is 0. The van der Waals surface area contributed by atoms with Gasteiger partial charge in [0.1, 0.15) is 0 Å². The largest absolute Gasteiger partial charge is 0.501 e. The minimum absolute atomic E-state index is 0.691. The summed E-state index contributed by atoms with van der Waals surface area (Å²) in [6.45, 7) is 3.18. The molecule has 0 spiro atoms. The Bertz CT molecular complexity index is 203. The van der Waals surface area contributed by atoms with E-state index >= 15 is 0 Å². The molecule has 1 aliphatic carbocycles. The molecule has 2 unspecified atom stereocenters. The minimum Gasteiger partial charge on any atom is -0.501 e. The first kappa shape index (κ1) is 6.96. The van der Waals surface area contributed by atoms with Crippen molar-refractivity contribution in [2.24, 2.45) is 11.8 Å². The monoisotopic (exact) mass is 150 g/mol. The molecule has 2 aliphatic rings. The van der Waals surface area contributed by atoms with Crippen molar-refractivity contribution in [1.82, 2.24) is 0 Å². The van der Waals surface area contributed by atoms with Crippen molar-refractivity contribution in [1.29, 1.82) is 0 Å². The van der Waals surface area contributed by atoms with E-state index in [9.17, 15) is 0 Å². The fourth-order valence-corrected chi connectivity index (χ4v) is 1.85. The SMILES string of the molecule is CC1C=C2C=COCC2CC1. The first-order valence-electron chi connectivity index (χ1n) is 4.36. The Labute approximate surface area is 67.7 Å². The average molecular weight is 150 g/mol. The smallest absolute Gasteiger partial charge is 0.0941 e. The van der Waals surface area contributed by atoms with Gasteiger partial charge < -0.3 is 4.74 Å². The van der Waals surface area contributed by atoms with Gasteiger partial charge in [0.25, 0.3) is 0 Å². The first-order valence-corrected chi connectivity index (χ1v) is 4.36. The molecule has 0 bridgehead atoms. The van der Waals surface area contributed by atoms with Crippen LogP contribution >= 0.6 is 0 Å². The molecule has 1 heteroatoms. The van der Waals surface area contributed by atoms with Crippen LogP contribution in [0.5, 0.6) is 0 Å². The summed E-state index contributed by atoms with van der Waals surface area (Å²) in [5.74, 6) is 1.46. The van der Waals surface area contributed by atoms with Crippen LogP contribution in [0.15, 0.2) is 24.0 Å². The topological polar surface area (TPSA) is 9.23 Å². The number of hydrogen-bond donors (Lipinski definition) is 0. The Kier molecular flexibility index (Phi) is 1.72. The predicted octanol–water partition coefficient (Wildman–Crippen LogP) is 2.50. The Morgan fingerprint density at radius 1 is 1.45 bits per heavy atom. The van der Waals surface area contributed by atoms with Crippen LogP contribution in [0.2, 0.25) is 0 Å². The van der Waals surface area contributed by atoms with E-state index in [4.69, 9.17) is 4.74 Å². The van der Waals surface area contributed by atoms with Crippen LogP contribution in [-0.2, 0) is 4.74 Å². The Morgan fingerprint density at radius 2 is 2.36 bits per heavy atom. The van der Waals surface area contributed by atoms with Crippen molar-refractivity contribution in [3.63, 3.8) is 0 Å². The first-order chi connectivity index (χ1) is 5.36. The van der Waals surface area contributed by atoms with Gasteiger partial charge in [-0.05, 0) is 30.4 Å². The van der Waals surface area contributed by atoms with Crippen LogP contribution in [0.4, 0.5) is 0 Å². The van der Waals surface area contributed by atoms with E-state index in [-0.39, 0.29) is 0 Å². The summed E-state index contributed by atoms with van der Waals surface area (Å²) in [7, 11) is 0. The third-order valence-electron chi connectivity index (χ3n) is 2.57. The molecule has 2 atom stereocenters. The fourth-order valence-electron chi connectivity index (χ4n) is 1.85. The lowest BCUT2D eigenvalue weighted by Crippen LogP contribution is -2.18. The molecule has 1 heterocycles. The van der Waals surface area contributed by atoms with Gasteiger partial charge in [0, 0.05) is 5.92 Å². The maximum Gasteiger partial charge on any atom is 0.0941 e. The van der Waals surface area contributed by atoms with Crippen LogP contribution in [0, 0.1) is 11.8 Å². The zero-order valence-electron chi connectivity index (χ0n) is 6.92. The second kappa shape index (κ2) is 2.72. The van der Waals surface area contributed by atoms with Gasteiger partial charge in [0.15, 0.2) is 0 Å². The molecular formula is C10H14O. The molecule has 2 rings (SSSR count). The van der Waals surface area contributed by atoms with E-state index in [1.807, 2.05) is 6.26 Å². The van der Waals surface area contributed by atoms with Gasteiger partial charge in [0.2, 0.25) is 0 Å². The highest BCUT2D eigenvalue weighted by Gasteiger charge is 2.21. The van der Waals surface area contributed by atoms with Crippen molar-refractivity contribution in [3.05, 3.63) is 24.0 Å². The van der Waals surface area contributed by atoms with Crippen LogP contribution < -0.4 is 0 Å². The number of rotatable bonds is 0. The van der Waals surface area contributed by atoms with Gasteiger partial charge in [-0.15, -0.1) is 0 Å². The maximum absolute atomic E-state index is 5.25. The zero-order chi connectivity index (χ0) is 7.68. The third-order valence-corrected chi connectivity index (χ3v) is 2.57. The molecule has 0 radical (unpaired) electrons. The second-order valence-electron chi connectivity index (χ2n) is 3.55. The Balaban J connectivity index is 2.22. The summed E-state index contributed by atoms with van der Waals surface area (Å²) in [5.41, 5.74) is 1.50. The van der Waals surface area contributed by atoms with E-state index in [2.05, 4.69) is 19.1 Å². The summed E-state index contributed by atoms with van der Waals surface area (Å²) in [4.78, 5) is 0. The molecule has 0 aromatic carbocycles. The van der Waals surface area contributed by atoms with Crippen molar-refractivity contribution in [2.45, 2.75) is 19.8 Å². The van der Waals surface area contributed by atoms with E-state index in [0.717, 1.165) is 12.5 Å². The summed E-state index contributed by atoms with van der Waals surface area (Å²) in [6, 6.07) is 0. The second-order valence-corrected chi connectivity index (χ2v) is 3.55. The lowest BCUT2D eigenvalue weighted by molar-refractivity contribution is 0.186. The van der Waals surface area contributed by atoms with Gasteiger partial charge in [-0.3, -0.25) is 0 Å². The van der Waals surface area contributed by atoms with Crippen LogP contribution in [0.1, 0.15) is 19.8 Å². The van der Waals surface area contributed by atoms with E-state index < -0.39 is 0 Å². The summed E-state index contributed by atoms with van der Waals surface area (Å²) >= 11 is 0. The van der Waals surface area contributed by atoms with Gasteiger partial charge in [-0.2, -0.15) is 0 Å². The molecule has 0 fully saturated rings. The highest BCUT2D eigenvalue weighted by Crippen LogP contribution is 2.31. The zero-order valence-corrected chi connectivity index (χ0v) is 6.92. The molecule has 0 saturated carbocycles. The number of allylic oxidation sites excluding steroid dienone is 2. The summed E-state index contributed by atoms with van der Waals surface area (Å²) < 4.78 is 5.25. The van der Waals surface area contributed by atoms with Crippen molar-refractivity contribution in [2.75, 3.05) is 6.61 Å². The van der Waals surface area contributed by atoms with Crippen LogP contribution in [0.3, 0.4) is 0 Å². The fraction of sp³-hybridized carbons (Fsp3) is 0.600. The van der Waals surface area contributed by atoms with Crippen LogP contribution in [0.25, 0.3) is 0 Å². The molecule has 0 aromatic rings. The van der Waals surface area contributed by atoms with Crippen molar-refractivity contribution >= 4 is 0 Å². The number of hydrogen-bond acceptors (Lipinski definition) is 1. The van der Waals surface area contributed by atoms with Gasteiger partial charge in [-0.25, -0.2) is 0 Å². The van der Waals surface area contributed by atoms with Gasteiger partial charge >= 0.3 is 0 Å². The maximum atomic E-state index is 5.25. The Morgan fingerprint density at radius 3 is 3.27 bits per heavy atom. The molecule has 1 nitrogen and oxygen atoms in total. The normalized spacial score (nSPS) is 35.5. The predicted molar refractivity (Wildman–Crippen MR) is 45.1 cm³/mol. The quantitative estimate of drug-likeness (QED) is 0.515. The molecule has 1 aliphatic heterocycles. The molecule has 0 aromatic heterocycles. The number of fused-ring (bicyclic) bond motifs is 1. The minimum atomic E-state index is 0.691. The van der Waals surface area contributed by atoms with E-state index in [1.54, 1.807) is 0 Å². The molecule has 0 amide bonds. The van der Waals surface area contributed by atoms with Gasteiger partial charge in [0.05, 0.1) is 12.9 Å². The van der Waals surface area contributed by atoms with Gasteiger partial charge in [-0.1, -0.05) is 13.0 Å².